The summed E-state index contributed by atoms with van der Waals surface area (Å²) in [7, 11) is -4.22. The highest BCUT2D eigenvalue weighted by atomic mass is 31.2. The van der Waals surface area contributed by atoms with Crippen molar-refractivity contribution in [2.45, 2.75) is 37.0 Å². The molecule has 0 bridgehead atoms. The van der Waals surface area contributed by atoms with Gasteiger partial charge in [0.1, 0.15) is 30.1 Å². The molecule has 2 aliphatic heterocycles. The number of aromatic nitrogens is 4. The maximum atomic E-state index is 11.8. The summed E-state index contributed by atoms with van der Waals surface area (Å²) < 4.78 is 27.9. The number of aromatic amines is 1. The first-order chi connectivity index (χ1) is 16.9. The van der Waals surface area contributed by atoms with E-state index in [0.717, 1.165) is 5.56 Å². The SMILES string of the molecule is NC(Cc1ccc(O)cc1)C(=O)O.Nc1nc2c(ncn2[C@@H]2O[C@@H]3COP(=O)(O)O[C@H]3[C@H]2O)c(=O)[nH]1. The minimum absolute atomic E-state index is 0.0230. The second-order valence-electron chi connectivity index (χ2n) is 7.98. The Labute approximate surface area is 201 Å². The molecular formula is C19H23N6O10P. The number of anilines is 1. The Hall–Kier alpha value is -3.37. The molecule has 2 unspecified atom stereocenters. The van der Waals surface area contributed by atoms with Crippen molar-refractivity contribution in [1.29, 1.82) is 0 Å². The van der Waals surface area contributed by atoms with Gasteiger partial charge >= 0.3 is 13.8 Å². The number of aliphatic hydroxyl groups is 1. The minimum atomic E-state index is -4.22. The lowest BCUT2D eigenvalue weighted by Gasteiger charge is -2.27. The van der Waals surface area contributed by atoms with Gasteiger partial charge < -0.3 is 36.4 Å². The zero-order chi connectivity index (χ0) is 26.2. The topological polar surface area (TPSA) is 258 Å². The van der Waals surface area contributed by atoms with Gasteiger partial charge in [0, 0.05) is 0 Å². The number of ether oxygens (including phenoxy) is 1. The van der Waals surface area contributed by atoms with Crippen LogP contribution in [-0.4, -0.2) is 76.7 Å². The number of phenolic OH excluding ortho intramolecular Hbond substituents is 1. The summed E-state index contributed by atoms with van der Waals surface area (Å²) in [5.74, 6) is -0.977. The number of aliphatic carboxylic acids is 1. The van der Waals surface area contributed by atoms with Gasteiger partial charge in [0.2, 0.25) is 5.95 Å². The Balaban J connectivity index is 0.000000200. The molecule has 4 heterocycles. The first-order valence-electron chi connectivity index (χ1n) is 10.4. The summed E-state index contributed by atoms with van der Waals surface area (Å²) >= 11 is 0. The second kappa shape index (κ2) is 9.94. The highest BCUT2D eigenvalue weighted by Gasteiger charge is 2.52. The van der Waals surface area contributed by atoms with Crippen LogP contribution in [0.3, 0.4) is 0 Å². The molecule has 194 valence electrons. The van der Waals surface area contributed by atoms with E-state index in [4.69, 9.17) is 30.9 Å². The van der Waals surface area contributed by atoms with E-state index in [1.165, 1.54) is 23.0 Å². The van der Waals surface area contributed by atoms with E-state index in [9.17, 15) is 24.2 Å². The normalized spacial score (nSPS) is 28.2. The fourth-order valence-electron chi connectivity index (χ4n) is 3.67. The Bertz CT molecular complexity index is 1360. The number of nitrogens with two attached hydrogens (primary N) is 2. The number of rotatable bonds is 4. The summed E-state index contributed by atoms with van der Waals surface area (Å²) in [4.78, 5) is 41.7. The number of imidazole rings is 1. The lowest BCUT2D eigenvalue weighted by atomic mass is 10.1. The third-order valence-corrected chi connectivity index (χ3v) is 6.39. The van der Waals surface area contributed by atoms with E-state index >= 15 is 0 Å². The van der Waals surface area contributed by atoms with Crippen LogP contribution >= 0.6 is 7.82 Å². The van der Waals surface area contributed by atoms with Crippen LogP contribution in [0.2, 0.25) is 0 Å². The van der Waals surface area contributed by atoms with E-state index in [1.807, 2.05) is 0 Å². The molecule has 2 aliphatic rings. The third-order valence-electron chi connectivity index (χ3n) is 5.40. The van der Waals surface area contributed by atoms with Gasteiger partial charge in [-0.05, 0) is 24.1 Å². The van der Waals surface area contributed by atoms with E-state index in [-0.39, 0.29) is 35.9 Å². The molecule has 36 heavy (non-hydrogen) atoms. The van der Waals surface area contributed by atoms with Crippen LogP contribution in [0.1, 0.15) is 11.8 Å². The zero-order valence-electron chi connectivity index (χ0n) is 18.4. The van der Waals surface area contributed by atoms with Gasteiger partial charge in [-0.1, -0.05) is 12.1 Å². The highest BCUT2D eigenvalue weighted by Crippen LogP contribution is 2.52. The highest BCUT2D eigenvalue weighted by molar-refractivity contribution is 7.47. The van der Waals surface area contributed by atoms with E-state index in [1.54, 1.807) is 12.1 Å². The van der Waals surface area contributed by atoms with Crippen LogP contribution in [-0.2, 0) is 29.6 Å². The minimum Gasteiger partial charge on any atom is -0.508 e. The molecule has 17 heteroatoms. The summed E-state index contributed by atoms with van der Waals surface area (Å²) in [5.41, 5.74) is 11.2. The fraction of sp³-hybridized carbons (Fsp3) is 0.368. The number of aromatic hydroxyl groups is 1. The lowest BCUT2D eigenvalue weighted by molar-refractivity contribution is -0.138. The Kier molecular flexibility index (Phi) is 7.10. The number of phosphoric ester groups is 1. The molecule has 1 aromatic carbocycles. The largest absolute Gasteiger partial charge is 0.508 e. The van der Waals surface area contributed by atoms with Gasteiger partial charge in [0.15, 0.2) is 17.4 Å². The average molecular weight is 526 g/mol. The van der Waals surface area contributed by atoms with Crippen molar-refractivity contribution in [3.05, 3.63) is 46.5 Å². The number of hydrogen-bond donors (Lipinski definition) is 7. The van der Waals surface area contributed by atoms with Gasteiger partial charge in [-0.2, -0.15) is 4.98 Å². The van der Waals surface area contributed by atoms with E-state index in [0.29, 0.717) is 0 Å². The summed E-state index contributed by atoms with van der Waals surface area (Å²) in [6.07, 6.45) is -2.58. The van der Waals surface area contributed by atoms with Crippen molar-refractivity contribution in [3.8, 4) is 5.75 Å². The molecule has 3 aromatic rings. The molecule has 9 N–H and O–H groups in total. The van der Waals surface area contributed by atoms with Crippen LogP contribution in [0.25, 0.3) is 11.2 Å². The third kappa shape index (κ3) is 5.39. The molecule has 2 fully saturated rings. The fourth-order valence-corrected chi connectivity index (χ4v) is 4.63. The number of carboxylic acid groups (broad SMARTS) is 1. The number of fused-ring (bicyclic) bond motifs is 2. The predicted octanol–water partition coefficient (Wildman–Crippen LogP) is -1.18. The second-order valence-corrected chi connectivity index (χ2v) is 9.39. The predicted molar refractivity (Wildman–Crippen MR) is 121 cm³/mol. The maximum absolute atomic E-state index is 11.8. The zero-order valence-corrected chi connectivity index (χ0v) is 19.3. The molecule has 0 aliphatic carbocycles. The van der Waals surface area contributed by atoms with E-state index < -0.39 is 49.9 Å². The van der Waals surface area contributed by atoms with Crippen molar-refractivity contribution in [3.63, 3.8) is 0 Å². The van der Waals surface area contributed by atoms with Crippen LogP contribution in [0.15, 0.2) is 35.4 Å². The van der Waals surface area contributed by atoms with Crippen molar-refractivity contribution in [2.75, 3.05) is 12.3 Å². The van der Waals surface area contributed by atoms with E-state index in [2.05, 4.69) is 19.5 Å². The Morgan fingerprint density at radius 1 is 1.33 bits per heavy atom. The van der Waals surface area contributed by atoms with Crippen LogP contribution < -0.4 is 17.0 Å². The van der Waals surface area contributed by atoms with Crippen LogP contribution in [0.5, 0.6) is 5.75 Å². The number of nitrogen functional groups attached to an aromatic ring is 1. The molecule has 0 radical (unpaired) electrons. The summed E-state index contributed by atoms with van der Waals surface area (Å²) in [6, 6.07) is 5.42. The maximum Gasteiger partial charge on any atom is 0.472 e. The number of phosphoric acid groups is 1. The Morgan fingerprint density at radius 2 is 2.03 bits per heavy atom. The molecule has 0 amide bonds. The monoisotopic (exact) mass is 526 g/mol. The number of H-pyrrole nitrogens is 1. The number of aliphatic hydroxyl groups excluding tert-OH is 1. The smallest absolute Gasteiger partial charge is 0.472 e. The van der Waals surface area contributed by atoms with Gasteiger partial charge in [-0.3, -0.25) is 28.2 Å². The van der Waals surface area contributed by atoms with Gasteiger partial charge in [-0.25, -0.2) is 9.55 Å². The van der Waals surface area contributed by atoms with Crippen LogP contribution in [0.4, 0.5) is 5.95 Å². The lowest BCUT2D eigenvalue weighted by Crippen LogP contribution is -2.39. The Morgan fingerprint density at radius 3 is 2.69 bits per heavy atom. The van der Waals surface area contributed by atoms with Crippen molar-refractivity contribution in [1.82, 2.24) is 19.5 Å². The first-order valence-corrected chi connectivity index (χ1v) is 11.9. The van der Waals surface area contributed by atoms with Gasteiger partial charge in [0.05, 0.1) is 12.9 Å². The number of phenols is 1. The van der Waals surface area contributed by atoms with Crippen LogP contribution in [0, 0.1) is 0 Å². The molecule has 0 spiro atoms. The van der Waals surface area contributed by atoms with Gasteiger partial charge in [0.25, 0.3) is 5.56 Å². The molecule has 6 atom stereocenters. The van der Waals surface area contributed by atoms with Crippen molar-refractivity contribution < 1.29 is 43.4 Å². The number of nitrogens with one attached hydrogen (secondary N) is 1. The first kappa shape index (κ1) is 25.7. The summed E-state index contributed by atoms with van der Waals surface area (Å²) in [5, 5.41) is 27.8. The quantitative estimate of drug-likeness (QED) is 0.198. The molecule has 16 nitrogen and oxygen atoms in total. The number of benzene rings is 1. The number of nitrogens with zero attached hydrogens (tertiary/aromatic N) is 3. The number of hydrogen-bond acceptors (Lipinski definition) is 12. The van der Waals surface area contributed by atoms with Gasteiger partial charge in [-0.15, -0.1) is 0 Å². The molecule has 5 rings (SSSR count). The van der Waals surface area contributed by atoms with Crippen molar-refractivity contribution >= 4 is 30.9 Å². The standard InChI is InChI=1S/C10H12N5O7P.C9H11NO3/c11-10-13-7-4(8(17)14-10)12-2-15(7)9-5(16)6-3(21-9)1-20-23(18,19)22-6;10-8(9(12)13)5-6-1-3-7(11)4-2-6/h2-3,5-6,9,16H,1H2,(H,18,19)(H3,11,13,14,17);1-4,8,11H,5,10H2,(H,12,13)/t3-,5-,6-,9-;/m1./s1. The molecular weight excluding hydrogens is 503 g/mol. The number of carboxylic acids is 1. The molecule has 0 saturated carbocycles. The molecule has 2 saturated heterocycles. The number of carbonyl (C=O) groups is 1. The molecule has 2 aromatic heterocycles. The van der Waals surface area contributed by atoms with Crippen molar-refractivity contribution in [2.24, 2.45) is 5.73 Å². The summed E-state index contributed by atoms with van der Waals surface area (Å²) in [6.45, 7) is -0.214. The average Bonchev–Trinajstić information content (AvgIpc) is 3.36.